The van der Waals surface area contributed by atoms with E-state index in [0.717, 1.165) is 60.6 Å². The van der Waals surface area contributed by atoms with E-state index in [0.29, 0.717) is 12.0 Å². The molecule has 1 fully saturated rings. The zero-order chi connectivity index (χ0) is 20.8. The van der Waals surface area contributed by atoms with Crippen LogP contribution in [0.15, 0.2) is 36.5 Å². The minimum Gasteiger partial charge on any atom is -0.381 e. The topological polar surface area (TPSA) is 99.7 Å². The second-order valence-electron chi connectivity index (χ2n) is 7.57. The quantitative estimate of drug-likeness (QED) is 0.482. The van der Waals surface area contributed by atoms with Crippen molar-refractivity contribution >= 4 is 17.2 Å². The minimum absolute atomic E-state index is 0.0991. The smallest absolute Gasteiger partial charge is 0.237 e. The van der Waals surface area contributed by atoms with Gasteiger partial charge in [0.05, 0.1) is 12.2 Å². The van der Waals surface area contributed by atoms with Crippen molar-refractivity contribution in [3.05, 3.63) is 42.3 Å². The van der Waals surface area contributed by atoms with E-state index >= 15 is 0 Å². The SMILES string of the molecule is CCC1c2nncn2-c2cnc(-n3ccnc3-c3nccs3)nc2N1C1CCOCC1. The first-order valence-corrected chi connectivity index (χ1v) is 11.3. The average molecular weight is 436 g/mol. The lowest BCUT2D eigenvalue weighted by Crippen LogP contribution is -2.45. The van der Waals surface area contributed by atoms with Crippen molar-refractivity contribution in [3.8, 4) is 22.5 Å². The van der Waals surface area contributed by atoms with E-state index in [1.807, 2.05) is 26.9 Å². The second-order valence-corrected chi connectivity index (χ2v) is 8.47. The van der Waals surface area contributed by atoms with E-state index in [-0.39, 0.29) is 6.04 Å². The molecule has 4 aromatic rings. The van der Waals surface area contributed by atoms with E-state index in [4.69, 9.17) is 9.72 Å². The van der Waals surface area contributed by atoms with Gasteiger partial charge in [-0.3, -0.25) is 9.13 Å². The maximum atomic E-state index is 5.63. The van der Waals surface area contributed by atoms with Gasteiger partial charge in [-0.2, -0.15) is 4.98 Å². The summed E-state index contributed by atoms with van der Waals surface area (Å²) in [7, 11) is 0. The summed E-state index contributed by atoms with van der Waals surface area (Å²) in [5.41, 5.74) is 0.899. The van der Waals surface area contributed by atoms with Gasteiger partial charge in [0.2, 0.25) is 5.95 Å². The Morgan fingerprint density at radius 1 is 1.13 bits per heavy atom. The standard InChI is InChI=1S/C20H21N9OS/c1-2-14-17-26-24-12-28(17)15-11-23-20(25-16(15)29(14)13-3-8-30-9-4-13)27-7-5-21-18(27)19-22-6-10-31-19/h5-7,10-14H,2-4,8-9H2,1H3. The third-order valence-corrected chi connectivity index (χ3v) is 6.67. The molecule has 158 valence electrons. The molecule has 0 bridgehead atoms. The first kappa shape index (κ1) is 18.6. The van der Waals surface area contributed by atoms with E-state index in [9.17, 15) is 0 Å². The third-order valence-electron chi connectivity index (χ3n) is 5.90. The number of nitrogens with zero attached hydrogens (tertiary/aromatic N) is 9. The van der Waals surface area contributed by atoms with Crippen molar-refractivity contribution in [1.29, 1.82) is 0 Å². The highest BCUT2D eigenvalue weighted by Gasteiger charge is 2.38. The Morgan fingerprint density at radius 3 is 2.84 bits per heavy atom. The van der Waals surface area contributed by atoms with Crippen LogP contribution in [0.2, 0.25) is 0 Å². The van der Waals surface area contributed by atoms with Crippen molar-refractivity contribution in [1.82, 2.24) is 39.3 Å². The van der Waals surface area contributed by atoms with E-state index in [1.165, 1.54) is 0 Å². The van der Waals surface area contributed by atoms with Crippen molar-refractivity contribution in [2.75, 3.05) is 18.1 Å². The number of fused-ring (bicyclic) bond motifs is 3. The van der Waals surface area contributed by atoms with Crippen LogP contribution in [0.25, 0.3) is 22.5 Å². The molecule has 6 heterocycles. The molecule has 1 atom stereocenters. The van der Waals surface area contributed by atoms with Crippen molar-refractivity contribution < 1.29 is 4.74 Å². The Hall–Kier alpha value is -3.18. The van der Waals surface area contributed by atoms with Crippen LogP contribution in [-0.4, -0.2) is 58.5 Å². The summed E-state index contributed by atoms with van der Waals surface area (Å²) >= 11 is 1.54. The van der Waals surface area contributed by atoms with Crippen LogP contribution < -0.4 is 4.90 Å². The fourth-order valence-corrected chi connectivity index (χ4v) is 5.12. The Balaban J connectivity index is 1.51. The number of imidazole rings is 1. The molecule has 1 unspecified atom stereocenters. The molecule has 31 heavy (non-hydrogen) atoms. The molecule has 0 radical (unpaired) electrons. The fourth-order valence-electron chi connectivity index (χ4n) is 4.49. The summed E-state index contributed by atoms with van der Waals surface area (Å²) in [5, 5.41) is 11.4. The van der Waals surface area contributed by atoms with Crippen molar-refractivity contribution in [3.63, 3.8) is 0 Å². The number of thiazole rings is 1. The van der Waals surface area contributed by atoms with E-state index in [2.05, 4.69) is 37.0 Å². The number of rotatable bonds is 4. The van der Waals surface area contributed by atoms with E-state index < -0.39 is 0 Å². The molecule has 11 heteroatoms. The Kier molecular flexibility index (Phi) is 4.50. The minimum atomic E-state index is 0.0991. The maximum absolute atomic E-state index is 5.63. The van der Waals surface area contributed by atoms with Crippen molar-refractivity contribution in [2.45, 2.75) is 38.3 Å². The van der Waals surface area contributed by atoms with Gasteiger partial charge < -0.3 is 9.64 Å². The van der Waals surface area contributed by atoms with Crippen LogP contribution in [0.4, 0.5) is 5.82 Å². The molecule has 1 saturated heterocycles. The largest absolute Gasteiger partial charge is 0.381 e. The molecule has 10 nitrogen and oxygen atoms in total. The number of hydrogen-bond acceptors (Lipinski definition) is 9. The molecule has 0 amide bonds. The summed E-state index contributed by atoms with van der Waals surface area (Å²) in [6, 6.07) is 0.425. The highest BCUT2D eigenvalue weighted by Crippen LogP contribution is 2.41. The normalized spacial score (nSPS) is 18.7. The molecule has 0 saturated carbocycles. The zero-order valence-electron chi connectivity index (χ0n) is 17.0. The maximum Gasteiger partial charge on any atom is 0.237 e. The molecule has 0 N–H and O–H groups in total. The van der Waals surface area contributed by atoms with Crippen molar-refractivity contribution in [2.24, 2.45) is 0 Å². The van der Waals surface area contributed by atoms with Crippen LogP contribution in [0.1, 0.15) is 38.1 Å². The van der Waals surface area contributed by atoms with Crippen LogP contribution in [0.5, 0.6) is 0 Å². The number of aromatic nitrogens is 8. The monoisotopic (exact) mass is 435 g/mol. The van der Waals surface area contributed by atoms with Crippen LogP contribution in [0, 0.1) is 0 Å². The molecule has 2 aliphatic heterocycles. The first-order valence-electron chi connectivity index (χ1n) is 10.4. The van der Waals surface area contributed by atoms with Crippen LogP contribution in [-0.2, 0) is 4.74 Å². The average Bonchev–Trinajstić information content (AvgIpc) is 3.59. The molecular formula is C20H21N9OS. The van der Waals surface area contributed by atoms with Gasteiger partial charge in [-0.25, -0.2) is 15.0 Å². The summed E-state index contributed by atoms with van der Waals surface area (Å²) in [6.45, 7) is 3.69. The second kappa shape index (κ2) is 7.50. The summed E-state index contributed by atoms with van der Waals surface area (Å²) in [4.78, 5) is 21.0. The number of hydrogen-bond donors (Lipinski definition) is 0. The number of anilines is 1. The van der Waals surface area contributed by atoms with Crippen LogP contribution >= 0.6 is 11.3 Å². The molecular weight excluding hydrogens is 414 g/mol. The molecule has 0 aliphatic carbocycles. The van der Waals surface area contributed by atoms with Gasteiger partial charge in [0.1, 0.15) is 12.0 Å². The Labute approximate surface area is 182 Å². The van der Waals surface area contributed by atoms with E-state index in [1.54, 1.807) is 30.1 Å². The van der Waals surface area contributed by atoms with Gasteiger partial charge in [0.15, 0.2) is 22.5 Å². The third kappa shape index (κ3) is 2.95. The highest BCUT2D eigenvalue weighted by atomic mass is 32.1. The first-order chi connectivity index (χ1) is 15.3. The zero-order valence-corrected chi connectivity index (χ0v) is 17.8. The van der Waals surface area contributed by atoms with Gasteiger partial charge >= 0.3 is 0 Å². The highest BCUT2D eigenvalue weighted by molar-refractivity contribution is 7.13. The summed E-state index contributed by atoms with van der Waals surface area (Å²) in [6.07, 6.45) is 11.8. The fraction of sp³-hybridized carbons (Fsp3) is 0.400. The van der Waals surface area contributed by atoms with Gasteiger partial charge in [-0.1, -0.05) is 6.92 Å². The molecule has 0 aromatic carbocycles. The van der Waals surface area contributed by atoms with Gasteiger partial charge in [-0.15, -0.1) is 21.5 Å². The lowest BCUT2D eigenvalue weighted by molar-refractivity contribution is 0.0817. The predicted molar refractivity (Wildman–Crippen MR) is 115 cm³/mol. The summed E-state index contributed by atoms with van der Waals surface area (Å²) in [5.74, 6) is 3.14. The molecule has 6 rings (SSSR count). The lowest BCUT2D eigenvalue weighted by Gasteiger charge is -2.43. The Bertz CT molecular complexity index is 1200. The molecule has 2 aliphatic rings. The number of ether oxygens (including phenoxy) is 1. The van der Waals surface area contributed by atoms with Crippen LogP contribution in [0.3, 0.4) is 0 Å². The summed E-state index contributed by atoms with van der Waals surface area (Å²) < 4.78 is 9.54. The van der Waals surface area contributed by atoms with Gasteiger partial charge in [0.25, 0.3) is 0 Å². The Morgan fingerprint density at radius 2 is 2.03 bits per heavy atom. The lowest BCUT2D eigenvalue weighted by atomic mass is 10.0. The van der Waals surface area contributed by atoms with Gasteiger partial charge in [0, 0.05) is 43.2 Å². The molecule has 0 spiro atoms. The predicted octanol–water partition coefficient (Wildman–Crippen LogP) is 2.82. The van der Waals surface area contributed by atoms with Gasteiger partial charge in [-0.05, 0) is 19.3 Å². The molecule has 4 aromatic heterocycles.